The number of ether oxygens (including phenoxy) is 1. The highest BCUT2D eigenvalue weighted by atomic mass is 16.5. The summed E-state index contributed by atoms with van der Waals surface area (Å²) in [7, 11) is 3.50. The number of carbonyl (C=O) groups is 1. The number of carbonyl (C=O) groups excluding carboxylic acids is 1. The number of aromatic nitrogens is 3. The van der Waals surface area contributed by atoms with E-state index in [1.54, 1.807) is 30.0 Å². The molecule has 0 spiro atoms. The van der Waals surface area contributed by atoms with Gasteiger partial charge in [0.2, 0.25) is 0 Å². The monoisotopic (exact) mass is 390 g/mol. The molecule has 7 nitrogen and oxygen atoms in total. The Kier molecular flexibility index (Phi) is 5.03. The molecular weight excluding hydrogens is 368 g/mol. The van der Waals surface area contributed by atoms with Crippen LogP contribution in [0.25, 0.3) is 11.1 Å². The van der Waals surface area contributed by atoms with Crippen LogP contribution >= 0.6 is 0 Å². The first-order valence-electron chi connectivity index (χ1n) is 9.32. The second-order valence-electron chi connectivity index (χ2n) is 6.90. The molecule has 0 saturated heterocycles. The molecule has 0 fully saturated rings. The van der Waals surface area contributed by atoms with Crippen molar-refractivity contribution in [2.24, 2.45) is 7.05 Å². The van der Waals surface area contributed by atoms with Gasteiger partial charge in [-0.15, -0.1) is 0 Å². The number of benzene rings is 2. The van der Waals surface area contributed by atoms with Crippen LogP contribution in [0, 0.1) is 6.92 Å². The molecule has 0 unspecified atom stereocenters. The van der Waals surface area contributed by atoms with Gasteiger partial charge in [-0.25, -0.2) is 4.98 Å². The van der Waals surface area contributed by atoms with E-state index < -0.39 is 0 Å². The van der Waals surface area contributed by atoms with E-state index in [0.29, 0.717) is 30.0 Å². The summed E-state index contributed by atoms with van der Waals surface area (Å²) in [5.74, 6) is 1.25. The quantitative estimate of drug-likeness (QED) is 0.546. The molecule has 29 heavy (non-hydrogen) atoms. The molecule has 1 N–H and O–H groups in total. The third-order valence-electron chi connectivity index (χ3n) is 4.74. The molecule has 2 aromatic heterocycles. The SMILES string of the molecule is COc1ccc(Cc2nc3ccc(C(=O)NCc4cc(C)nn4C)cc3o2)cc1. The van der Waals surface area contributed by atoms with E-state index in [2.05, 4.69) is 15.4 Å². The number of oxazole rings is 1. The summed E-state index contributed by atoms with van der Waals surface area (Å²) >= 11 is 0. The third kappa shape index (κ3) is 4.13. The molecule has 4 aromatic rings. The number of amides is 1. The molecule has 148 valence electrons. The predicted octanol–water partition coefficient (Wildman–Crippen LogP) is 3.40. The normalized spacial score (nSPS) is 11.0. The van der Waals surface area contributed by atoms with Crippen LogP contribution in [0.3, 0.4) is 0 Å². The number of methoxy groups -OCH3 is 1. The Morgan fingerprint density at radius 2 is 1.97 bits per heavy atom. The van der Waals surface area contributed by atoms with Gasteiger partial charge < -0.3 is 14.5 Å². The molecule has 0 saturated carbocycles. The van der Waals surface area contributed by atoms with Gasteiger partial charge >= 0.3 is 0 Å². The molecular formula is C22H22N4O3. The molecule has 7 heteroatoms. The minimum atomic E-state index is -0.168. The van der Waals surface area contributed by atoms with Crippen molar-refractivity contribution in [1.82, 2.24) is 20.1 Å². The summed E-state index contributed by atoms with van der Waals surface area (Å²) < 4.78 is 12.8. The Hall–Kier alpha value is -3.61. The lowest BCUT2D eigenvalue weighted by Crippen LogP contribution is -2.23. The van der Waals surface area contributed by atoms with Crippen molar-refractivity contribution in [3.63, 3.8) is 0 Å². The van der Waals surface area contributed by atoms with E-state index >= 15 is 0 Å². The molecule has 4 rings (SSSR count). The summed E-state index contributed by atoms with van der Waals surface area (Å²) in [5, 5.41) is 7.20. The van der Waals surface area contributed by atoms with Crippen molar-refractivity contribution in [2.45, 2.75) is 19.9 Å². The lowest BCUT2D eigenvalue weighted by Gasteiger charge is -2.05. The summed E-state index contributed by atoms with van der Waals surface area (Å²) in [4.78, 5) is 17.0. The van der Waals surface area contributed by atoms with E-state index in [1.165, 1.54) is 0 Å². The Morgan fingerprint density at radius 3 is 2.66 bits per heavy atom. The number of nitrogens with zero attached hydrogens (tertiary/aromatic N) is 3. The number of rotatable bonds is 6. The van der Waals surface area contributed by atoms with Crippen LogP contribution in [0.5, 0.6) is 5.75 Å². The lowest BCUT2D eigenvalue weighted by molar-refractivity contribution is 0.0950. The van der Waals surface area contributed by atoms with Crippen LogP contribution in [0.15, 0.2) is 52.9 Å². The highest BCUT2D eigenvalue weighted by Crippen LogP contribution is 2.20. The number of hydrogen-bond acceptors (Lipinski definition) is 5. The van der Waals surface area contributed by atoms with Crippen molar-refractivity contribution in [3.05, 3.63) is 76.9 Å². The molecule has 0 radical (unpaired) electrons. The van der Waals surface area contributed by atoms with Crippen LogP contribution in [0.1, 0.15) is 33.2 Å². The van der Waals surface area contributed by atoms with Crippen molar-refractivity contribution < 1.29 is 13.9 Å². The average Bonchev–Trinajstić information content (AvgIpc) is 3.27. The van der Waals surface area contributed by atoms with E-state index in [1.807, 2.05) is 44.3 Å². The Labute approximate surface area is 168 Å². The molecule has 0 aliphatic carbocycles. The van der Waals surface area contributed by atoms with Gasteiger partial charge in [0.05, 0.1) is 25.0 Å². The second kappa shape index (κ2) is 7.79. The third-order valence-corrected chi connectivity index (χ3v) is 4.74. The number of aryl methyl sites for hydroxylation is 2. The van der Waals surface area contributed by atoms with E-state index in [-0.39, 0.29) is 5.91 Å². The first-order valence-corrected chi connectivity index (χ1v) is 9.32. The van der Waals surface area contributed by atoms with Crippen LogP contribution in [0.2, 0.25) is 0 Å². The Morgan fingerprint density at radius 1 is 1.17 bits per heavy atom. The zero-order valence-corrected chi connectivity index (χ0v) is 16.6. The van der Waals surface area contributed by atoms with Gasteiger partial charge in [0.15, 0.2) is 11.5 Å². The maximum absolute atomic E-state index is 12.5. The average molecular weight is 390 g/mol. The zero-order valence-electron chi connectivity index (χ0n) is 16.6. The summed E-state index contributed by atoms with van der Waals surface area (Å²) in [6.07, 6.45) is 0.569. The van der Waals surface area contributed by atoms with Crippen molar-refractivity contribution in [3.8, 4) is 5.75 Å². The maximum Gasteiger partial charge on any atom is 0.251 e. The van der Waals surface area contributed by atoms with Gasteiger partial charge in [0, 0.05) is 19.0 Å². The number of fused-ring (bicyclic) bond motifs is 1. The Bertz CT molecular complexity index is 1160. The largest absolute Gasteiger partial charge is 0.497 e. The van der Waals surface area contributed by atoms with Gasteiger partial charge in [-0.1, -0.05) is 12.1 Å². The minimum Gasteiger partial charge on any atom is -0.497 e. The molecule has 2 aromatic carbocycles. The van der Waals surface area contributed by atoms with Gasteiger partial charge in [0.25, 0.3) is 5.91 Å². The molecule has 0 bridgehead atoms. The number of hydrogen-bond donors (Lipinski definition) is 1. The minimum absolute atomic E-state index is 0.168. The van der Waals surface area contributed by atoms with E-state index in [4.69, 9.17) is 9.15 Å². The fourth-order valence-corrected chi connectivity index (χ4v) is 3.21. The maximum atomic E-state index is 12.5. The zero-order chi connectivity index (χ0) is 20.4. The standard InChI is InChI=1S/C22H22N4O3/c1-14-10-17(26(2)25-14)13-23-22(27)16-6-9-19-20(12-16)29-21(24-19)11-15-4-7-18(28-3)8-5-15/h4-10,12H,11,13H2,1-3H3,(H,23,27). The summed E-state index contributed by atoms with van der Waals surface area (Å²) in [5.41, 5.74) is 4.79. The fourth-order valence-electron chi connectivity index (χ4n) is 3.21. The van der Waals surface area contributed by atoms with E-state index in [0.717, 1.165) is 28.2 Å². The molecule has 1 amide bonds. The van der Waals surface area contributed by atoms with Gasteiger partial charge in [-0.2, -0.15) is 5.10 Å². The molecule has 0 aliphatic heterocycles. The van der Waals surface area contributed by atoms with Gasteiger partial charge in [0.1, 0.15) is 11.3 Å². The fraction of sp³-hybridized carbons (Fsp3) is 0.227. The first-order chi connectivity index (χ1) is 14.0. The topological polar surface area (TPSA) is 82.2 Å². The van der Waals surface area contributed by atoms with Crippen molar-refractivity contribution in [1.29, 1.82) is 0 Å². The van der Waals surface area contributed by atoms with Gasteiger partial charge in [-0.05, 0) is 48.9 Å². The Balaban J connectivity index is 1.47. The molecule has 2 heterocycles. The molecule has 0 aliphatic rings. The van der Waals surface area contributed by atoms with Crippen LogP contribution in [-0.4, -0.2) is 27.8 Å². The van der Waals surface area contributed by atoms with Crippen LogP contribution < -0.4 is 10.1 Å². The highest BCUT2D eigenvalue weighted by molar-refractivity contribution is 5.96. The highest BCUT2D eigenvalue weighted by Gasteiger charge is 2.12. The van der Waals surface area contributed by atoms with Crippen LogP contribution in [0.4, 0.5) is 0 Å². The summed E-state index contributed by atoms with van der Waals surface area (Å²) in [6.45, 7) is 2.33. The van der Waals surface area contributed by atoms with Crippen molar-refractivity contribution >= 4 is 17.0 Å². The van der Waals surface area contributed by atoms with Gasteiger partial charge in [-0.3, -0.25) is 9.48 Å². The second-order valence-corrected chi connectivity index (χ2v) is 6.90. The first kappa shape index (κ1) is 18.7. The van der Waals surface area contributed by atoms with Crippen molar-refractivity contribution in [2.75, 3.05) is 7.11 Å². The smallest absolute Gasteiger partial charge is 0.251 e. The lowest BCUT2D eigenvalue weighted by atomic mass is 10.1. The number of nitrogens with one attached hydrogen (secondary N) is 1. The predicted molar refractivity (Wildman–Crippen MR) is 109 cm³/mol. The molecule has 0 atom stereocenters. The van der Waals surface area contributed by atoms with E-state index in [9.17, 15) is 4.79 Å². The van der Waals surface area contributed by atoms with Crippen LogP contribution in [-0.2, 0) is 20.0 Å². The summed E-state index contributed by atoms with van der Waals surface area (Å²) in [6, 6.07) is 15.0.